The molecule has 1 heterocycles. The summed E-state index contributed by atoms with van der Waals surface area (Å²) in [5.74, 6) is -2.31. The van der Waals surface area contributed by atoms with E-state index in [0.717, 1.165) is 0 Å². The van der Waals surface area contributed by atoms with Crippen LogP contribution in [-0.2, 0) is 19.1 Å². The maximum atomic E-state index is 13.3. The fourth-order valence-electron chi connectivity index (χ4n) is 3.11. The highest BCUT2D eigenvalue weighted by Crippen LogP contribution is 2.30. The molecular weight excluding hydrogens is 388 g/mol. The number of rotatable bonds is 9. The Labute approximate surface area is 177 Å². The van der Waals surface area contributed by atoms with Gasteiger partial charge in [-0.3, -0.25) is 19.6 Å². The molecule has 9 nitrogen and oxygen atoms in total. The number of ether oxygens (including phenoxy) is 1. The Kier molecular flexibility index (Phi) is 8.92. The lowest BCUT2D eigenvalue weighted by Crippen LogP contribution is -2.59. The SMILES string of the molecule is CO[C@](C)(C(=O)NO)[C@@H](CC(C)C)C(=O)NC(C(=O)Nc1ccccn1)C(C)(C)C. The molecule has 1 rings (SSSR count). The molecule has 3 atom stereocenters. The topological polar surface area (TPSA) is 130 Å². The quantitative estimate of drug-likeness (QED) is 0.356. The normalized spacial score (nSPS) is 15.6. The highest BCUT2D eigenvalue weighted by Gasteiger charge is 2.47. The maximum absolute atomic E-state index is 13.3. The molecule has 4 N–H and O–H groups in total. The van der Waals surface area contributed by atoms with Crippen LogP contribution in [0.25, 0.3) is 0 Å². The van der Waals surface area contributed by atoms with E-state index < -0.39 is 40.7 Å². The van der Waals surface area contributed by atoms with Gasteiger partial charge in [0.2, 0.25) is 11.8 Å². The van der Waals surface area contributed by atoms with Crippen LogP contribution in [0.3, 0.4) is 0 Å². The first-order valence-electron chi connectivity index (χ1n) is 9.88. The molecular formula is C21H34N4O5. The van der Waals surface area contributed by atoms with Crippen LogP contribution in [0.15, 0.2) is 24.4 Å². The van der Waals surface area contributed by atoms with E-state index in [2.05, 4.69) is 15.6 Å². The molecule has 1 aromatic rings. The van der Waals surface area contributed by atoms with E-state index in [1.807, 2.05) is 34.6 Å². The summed E-state index contributed by atoms with van der Waals surface area (Å²) in [6, 6.07) is 4.21. The number of pyridine rings is 1. The van der Waals surface area contributed by atoms with E-state index >= 15 is 0 Å². The van der Waals surface area contributed by atoms with Crippen LogP contribution in [-0.4, -0.2) is 46.7 Å². The van der Waals surface area contributed by atoms with Crippen LogP contribution < -0.4 is 16.1 Å². The average molecular weight is 423 g/mol. The van der Waals surface area contributed by atoms with Crippen molar-refractivity contribution in [1.29, 1.82) is 0 Å². The van der Waals surface area contributed by atoms with E-state index in [9.17, 15) is 14.4 Å². The minimum Gasteiger partial charge on any atom is -0.368 e. The standard InChI is InChI=1S/C21H34N4O5/c1-13(2)12-14(21(6,30-7)19(28)25-29)17(26)24-16(20(3,4)5)18(27)23-15-10-8-9-11-22-15/h8-11,13-14,16,29H,12H2,1-7H3,(H,24,26)(H,25,28)(H,22,23,27)/t14-,16?,21-/m0/s1. The van der Waals surface area contributed by atoms with Crippen LogP contribution in [0.5, 0.6) is 0 Å². The fourth-order valence-corrected chi connectivity index (χ4v) is 3.11. The van der Waals surface area contributed by atoms with Gasteiger partial charge in [-0.15, -0.1) is 0 Å². The first kappa shape index (κ1) is 25.5. The van der Waals surface area contributed by atoms with Crippen LogP contribution in [0.1, 0.15) is 48.0 Å². The second kappa shape index (κ2) is 10.5. The Morgan fingerprint density at radius 3 is 2.20 bits per heavy atom. The van der Waals surface area contributed by atoms with Crippen molar-refractivity contribution in [2.75, 3.05) is 12.4 Å². The molecule has 0 bridgehead atoms. The number of aromatic nitrogens is 1. The molecule has 1 unspecified atom stereocenters. The van der Waals surface area contributed by atoms with E-state index in [1.54, 1.807) is 29.9 Å². The van der Waals surface area contributed by atoms with E-state index in [4.69, 9.17) is 9.94 Å². The van der Waals surface area contributed by atoms with Crippen LogP contribution in [0.2, 0.25) is 0 Å². The molecule has 30 heavy (non-hydrogen) atoms. The summed E-state index contributed by atoms with van der Waals surface area (Å²) in [5.41, 5.74) is -0.675. The number of hydrogen-bond donors (Lipinski definition) is 4. The van der Waals surface area contributed by atoms with Gasteiger partial charge in [-0.05, 0) is 36.8 Å². The average Bonchev–Trinajstić information content (AvgIpc) is 2.68. The summed E-state index contributed by atoms with van der Waals surface area (Å²) in [5, 5.41) is 14.6. The van der Waals surface area contributed by atoms with Crippen molar-refractivity contribution >= 4 is 23.5 Å². The first-order valence-corrected chi connectivity index (χ1v) is 9.88. The number of amides is 3. The van der Waals surface area contributed by atoms with E-state index in [1.165, 1.54) is 14.0 Å². The molecule has 0 aliphatic rings. The van der Waals surface area contributed by atoms with Gasteiger partial charge in [0.05, 0.1) is 5.92 Å². The number of anilines is 1. The lowest BCUT2D eigenvalue weighted by molar-refractivity contribution is -0.164. The first-order chi connectivity index (χ1) is 13.9. The smallest absolute Gasteiger partial charge is 0.276 e. The summed E-state index contributed by atoms with van der Waals surface area (Å²) in [6.45, 7) is 10.7. The Morgan fingerprint density at radius 1 is 1.13 bits per heavy atom. The number of hydrogen-bond acceptors (Lipinski definition) is 6. The predicted molar refractivity (Wildman–Crippen MR) is 113 cm³/mol. The summed E-state index contributed by atoms with van der Waals surface area (Å²) < 4.78 is 5.35. The Bertz CT molecular complexity index is 733. The monoisotopic (exact) mass is 422 g/mol. The van der Waals surface area contributed by atoms with Gasteiger partial charge in [-0.2, -0.15) is 0 Å². The number of carbonyl (C=O) groups excluding carboxylic acids is 3. The van der Waals surface area contributed by atoms with Gasteiger partial charge in [0, 0.05) is 13.3 Å². The molecule has 0 fully saturated rings. The number of carbonyl (C=O) groups is 3. The van der Waals surface area contributed by atoms with Crippen molar-refractivity contribution in [3.05, 3.63) is 24.4 Å². The zero-order valence-electron chi connectivity index (χ0n) is 18.8. The van der Waals surface area contributed by atoms with Gasteiger partial charge >= 0.3 is 0 Å². The molecule has 0 aromatic carbocycles. The van der Waals surface area contributed by atoms with E-state index in [-0.39, 0.29) is 5.92 Å². The van der Waals surface area contributed by atoms with Gasteiger partial charge in [0.1, 0.15) is 11.9 Å². The molecule has 0 saturated heterocycles. The third kappa shape index (κ3) is 6.50. The number of methoxy groups -OCH3 is 1. The molecule has 0 spiro atoms. The van der Waals surface area contributed by atoms with Crippen molar-refractivity contribution in [2.24, 2.45) is 17.3 Å². The number of hydroxylamine groups is 1. The number of nitrogens with one attached hydrogen (secondary N) is 3. The maximum Gasteiger partial charge on any atom is 0.276 e. The summed E-state index contributed by atoms with van der Waals surface area (Å²) >= 11 is 0. The second-order valence-electron chi connectivity index (χ2n) is 8.95. The van der Waals surface area contributed by atoms with Gasteiger partial charge in [0.15, 0.2) is 5.60 Å². The zero-order valence-corrected chi connectivity index (χ0v) is 18.8. The van der Waals surface area contributed by atoms with Gasteiger partial charge in [-0.25, -0.2) is 10.5 Å². The molecule has 0 saturated carbocycles. The zero-order chi connectivity index (χ0) is 23.1. The second-order valence-corrected chi connectivity index (χ2v) is 8.95. The Morgan fingerprint density at radius 2 is 1.77 bits per heavy atom. The third-order valence-electron chi connectivity index (χ3n) is 5.00. The molecule has 3 amide bonds. The van der Waals surface area contributed by atoms with E-state index in [0.29, 0.717) is 12.2 Å². The Balaban J connectivity index is 3.19. The van der Waals surface area contributed by atoms with Crippen molar-refractivity contribution in [2.45, 2.75) is 59.6 Å². The van der Waals surface area contributed by atoms with Crippen molar-refractivity contribution < 1.29 is 24.3 Å². The summed E-state index contributed by atoms with van der Waals surface area (Å²) in [6.07, 6.45) is 1.86. The predicted octanol–water partition coefficient (Wildman–Crippen LogP) is 2.12. The molecule has 1 aromatic heterocycles. The minimum atomic E-state index is -1.62. The molecule has 168 valence electrons. The summed E-state index contributed by atoms with van der Waals surface area (Å²) in [7, 11) is 1.30. The molecule has 9 heteroatoms. The van der Waals surface area contributed by atoms with Crippen LogP contribution >= 0.6 is 0 Å². The molecule has 0 aliphatic heterocycles. The summed E-state index contributed by atoms with van der Waals surface area (Å²) in [4.78, 5) is 42.6. The fraction of sp³-hybridized carbons (Fsp3) is 0.619. The largest absolute Gasteiger partial charge is 0.368 e. The lowest BCUT2D eigenvalue weighted by Gasteiger charge is -2.37. The minimum absolute atomic E-state index is 0.0529. The lowest BCUT2D eigenvalue weighted by atomic mass is 9.80. The van der Waals surface area contributed by atoms with Crippen LogP contribution in [0, 0.1) is 17.3 Å². The van der Waals surface area contributed by atoms with Crippen molar-refractivity contribution in [1.82, 2.24) is 15.8 Å². The van der Waals surface area contributed by atoms with Crippen molar-refractivity contribution in [3.8, 4) is 0 Å². The van der Waals surface area contributed by atoms with Crippen molar-refractivity contribution in [3.63, 3.8) is 0 Å². The highest BCUT2D eigenvalue weighted by atomic mass is 16.5. The van der Waals surface area contributed by atoms with Gasteiger partial charge in [-0.1, -0.05) is 40.7 Å². The van der Waals surface area contributed by atoms with Crippen LogP contribution in [0.4, 0.5) is 5.82 Å². The Hall–Kier alpha value is -2.52. The van der Waals surface area contributed by atoms with Gasteiger partial charge < -0.3 is 15.4 Å². The molecule has 0 aliphatic carbocycles. The van der Waals surface area contributed by atoms with Gasteiger partial charge in [0.25, 0.3) is 5.91 Å². The molecule has 0 radical (unpaired) electrons. The third-order valence-corrected chi connectivity index (χ3v) is 5.00. The number of nitrogens with zero attached hydrogens (tertiary/aromatic N) is 1. The highest BCUT2D eigenvalue weighted by molar-refractivity contribution is 5.98.